The molecule has 0 amide bonds. The molecular formula is C55H91FIN7O10. The number of nitrogens with one attached hydrogen (secondary N) is 2. The number of hydrogen-bond acceptors (Lipinski definition) is 17. The number of carbonyl (C=O) groups excluding carboxylic acids is 1. The third-order valence-electron chi connectivity index (χ3n) is 18.5. The zero-order valence-electron chi connectivity index (χ0n) is 46.4. The molecule has 1 aromatic rings. The maximum atomic E-state index is 14.8. The van der Waals surface area contributed by atoms with Crippen LogP contribution in [0.3, 0.4) is 0 Å². The van der Waals surface area contributed by atoms with E-state index in [0.29, 0.717) is 75.2 Å². The number of nitrogens with zero attached hydrogens (tertiary/aromatic N) is 4. The van der Waals surface area contributed by atoms with Crippen LogP contribution in [0.25, 0.3) is 0 Å². The zero-order chi connectivity index (χ0) is 54.4. The second-order valence-electron chi connectivity index (χ2n) is 24.0. The summed E-state index contributed by atoms with van der Waals surface area (Å²) < 4.78 is 52.0. The molecular weight excluding hydrogens is 1060 g/mol. The monoisotopic (exact) mass is 1160 g/mol. The second kappa shape index (κ2) is 23.7. The molecule has 1 aromatic carbocycles. The van der Waals surface area contributed by atoms with Gasteiger partial charge in [0.15, 0.2) is 6.29 Å². The van der Waals surface area contributed by atoms with Gasteiger partial charge < -0.3 is 69.5 Å². The average molecular weight is 1160 g/mol. The summed E-state index contributed by atoms with van der Waals surface area (Å²) in [6, 6.07) is 7.31. The number of aliphatic hydroxyl groups is 3. The smallest absolute Gasteiger partial charge is 0.309 e. The number of halogens is 2. The van der Waals surface area contributed by atoms with E-state index in [4.69, 9.17) is 39.7 Å². The first-order chi connectivity index (χ1) is 34.8. The van der Waals surface area contributed by atoms with Crippen molar-refractivity contribution >= 4 is 34.2 Å². The van der Waals surface area contributed by atoms with E-state index in [-0.39, 0.29) is 36.1 Å². The van der Waals surface area contributed by atoms with Crippen molar-refractivity contribution in [2.24, 2.45) is 46.4 Å². The number of alkyl halides is 2. The zero-order valence-corrected chi connectivity index (χ0v) is 48.5. The normalized spacial score (nSPS) is 44.2. The van der Waals surface area contributed by atoms with Gasteiger partial charge in [0.05, 0.1) is 47.6 Å². The number of benzene rings is 1. The minimum absolute atomic E-state index is 0.0139. The van der Waals surface area contributed by atoms with Crippen LogP contribution in [0.1, 0.15) is 119 Å². The molecule has 5 heterocycles. The largest absolute Gasteiger partial charge is 0.459 e. The van der Waals surface area contributed by atoms with Gasteiger partial charge in [-0.25, -0.2) is 9.92 Å². The van der Waals surface area contributed by atoms with Crippen LogP contribution in [0, 0.1) is 41.0 Å². The van der Waals surface area contributed by atoms with Gasteiger partial charge in [-0.05, 0) is 120 Å². The first kappa shape index (κ1) is 59.5. The molecule has 19 heteroatoms. The SMILES string of the molecule is CC[C@H]1OC(=O)[C@H](C)C([C@H]2C[C@@](C)(OC)C[C@H](C)O2)[C@H](C)[C@@H](O[C@H]2C[C@@H](N(C)CC/C(=C/N[C@H](CF)[C@H](OC)c3ccc(N4CC5[C@H]6C4[C@]56N)cc3)N=N)C[C@@H](C)O2)[C@@](O)(I)C[C@@H](C)CN(C)[C@H](C)[C@@H](O)[C@]1(C)O. The van der Waals surface area contributed by atoms with E-state index < -0.39 is 94.1 Å². The van der Waals surface area contributed by atoms with Crippen LogP contribution >= 0.6 is 22.6 Å². The number of ether oxygens (including phenoxy) is 6. The number of carbonyl (C=O) groups is 1. The van der Waals surface area contributed by atoms with Crippen LogP contribution in [0.15, 0.2) is 41.3 Å². The Kier molecular flexibility index (Phi) is 19.0. The topological polar surface area (TPSA) is 217 Å². The lowest BCUT2D eigenvalue weighted by atomic mass is 9.71. The number of likely N-dealkylation sites (N-methyl/N-ethyl adjacent to an activating group) is 1. The van der Waals surface area contributed by atoms with Crippen molar-refractivity contribution in [3.8, 4) is 0 Å². The minimum atomic E-state index is -1.77. The summed E-state index contributed by atoms with van der Waals surface area (Å²) in [5.41, 5.74) is 14.7. The maximum Gasteiger partial charge on any atom is 0.309 e. The van der Waals surface area contributed by atoms with Crippen LogP contribution in [0.5, 0.6) is 0 Å². The minimum Gasteiger partial charge on any atom is -0.459 e. The van der Waals surface area contributed by atoms with Gasteiger partial charge in [-0.3, -0.25) is 4.79 Å². The van der Waals surface area contributed by atoms with E-state index in [0.717, 1.165) is 17.8 Å². The van der Waals surface area contributed by atoms with Gasteiger partial charge in [0, 0.05) is 107 Å². The third-order valence-corrected chi connectivity index (χ3v) is 19.5. The van der Waals surface area contributed by atoms with E-state index in [1.165, 1.54) is 6.92 Å². The molecule has 7 fully saturated rings. The van der Waals surface area contributed by atoms with E-state index in [2.05, 4.69) is 68.8 Å². The molecule has 420 valence electrons. The van der Waals surface area contributed by atoms with Gasteiger partial charge in [-0.2, -0.15) is 5.11 Å². The summed E-state index contributed by atoms with van der Waals surface area (Å²) in [7, 11) is 7.18. The molecule has 2 saturated carbocycles. The highest BCUT2D eigenvalue weighted by molar-refractivity contribution is 14.1. The van der Waals surface area contributed by atoms with Gasteiger partial charge in [0.2, 0.25) is 0 Å². The van der Waals surface area contributed by atoms with Gasteiger partial charge in [0.1, 0.15) is 40.3 Å². The Hall–Kier alpha value is -2.15. The van der Waals surface area contributed by atoms with Crippen molar-refractivity contribution in [3.05, 3.63) is 41.7 Å². The number of anilines is 1. The van der Waals surface area contributed by atoms with Crippen molar-refractivity contribution in [2.75, 3.05) is 59.5 Å². The van der Waals surface area contributed by atoms with Crippen LogP contribution in [0.2, 0.25) is 0 Å². The number of piperidine rings is 1. The molecule has 0 aromatic heterocycles. The van der Waals surface area contributed by atoms with Crippen LogP contribution in [-0.2, 0) is 33.2 Å². The fourth-order valence-electron chi connectivity index (χ4n) is 13.9. The molecule has 5 aliphatic heterocycles. The highest BCUT2D eigenvalue weighted by Gasteiger charge is 2.91. The molecule has 8 rings (SSSR count). The fraction of sp³-hybridized carbons (Fsp3) is 0.836. The quantitative estimate of drug-likeness (QED) is 0.0414. The molecule has 0 radical (unpaired) electrons. The van der Waals surface area contributed by atoms with Crippen LogP contribution < -0.4 is 16.0 Å². The van der Waals surface area contributed by atoms with Gasteiger partial charge in [-0.1, -0.05) is 39.8 Å². The lowest BCUT2D eigenvalue weighted by Gasteiger charge is -2.49. The number of fused-ring (bicyclic) bond motifs is 1. The summed E-state index contributed by atoms with van der Waals surface area (Å²) in [4.78, 5) is 21.2. The molecule has 0 spiro atoms. The summed E-state index contributed by atoms with van der Waals surface area (Å²) in [6.45, 7) is 18.5. The van der Waals surface area contributed by atoms with Crippen LogP contribution in [-0.4, -0.2) is 173 Å². The predicted octanol–water partition coefficient (Wildman–Crippen LogP) is 6.70. The number of rotatable bonds is 17. The molecule has 74 heavy (non-hydrogen) atoms. The molecule has 7 N–H and O–H groups in total. The Balaban J connectivity index is 1.08. The van der Waals surface area contributed by atoms with Gasteiger partial charge >= 0.3 is 5.97 Å². The first-order valence-corrected chi connectivity index (χ1v) is 28.4. The second-order valence-corrected chi connectivity index (χ2v) is 25.9. The summed E-state index contributed by atoms with van der Waals surface area (Å²) in [6.07, 6.45) is -0.465. The lowest BCUT2D eigenvalue weighted by Crippen LogP contribution is -2.59. The summed E-state index contributed by atoms with van der Waals surface area (Å²) in [5, 5.41) is 43.6. The van der Waals surface area contributed by atoms with Gasteiger partial charge in [-0.15, -0.1) is 0 Å². The number of hydrogen-bond donors (Lipinski definition) is 6. The molecule has 22 atom stereocenters. The Bertz CT molecular complexity index is 2090. The number of aliphatic hydroxyl groups excluding tert-OH is 1. The fourth-order valence-corrected chi connectivity index (χ4v) is 15.3. The van der Waals surface area contributed by atoms with Crippen molar-refractivity contribution < 1.29 is 52.9 Å². The van der Waals surface area contributed by atoms with E-state index in [1.54, 1.807) is 20.4 Å². The number of cyclic esters (lactones) is 1. The average Bonchev–Trinajstić information content (AvgIpc) is 3.97. The Morgan fingerprint density at radius 2 is 1.74 bits per heavy atom. The highest BCUT2D eigenvalue weighted by atomic mass is 127. The van der Waals surface area contributed by atoms with Crippen molar-refractivity contribution in [2.45, 2.75) is 201 Å². The Morgan fingerprint density at radius 3 is 2.32 bits per heavy atom. The van der Waals surface area contributed by atoms with E-state index in [1.807, 2.05) is 72.7 Å². The number of nitrogens with two attached hydrogens (primary N) is 1. The first-order valence-electron chi connectivity index (χ1n) is 27.3. The van der Waals surface area contributed by atoms with E-state index in [9.17, 15) is 24.5 Å². The highest BCUT2D eigenvalue weighted by Crippen LogP contribution is 2.77. The molecule has 2 bridgehead atoms. The Labute approximate surface area is 454 Å². The Morgan fingerprint density at radius 1 is 1.07 bits per heavy atom. The summed E-state index contributed by atoms with van der Waals surface area (Å²) >= 11 is 2.12. The van der Waals surface area contributed by atoms with E-state index >= 15 is 0 Å². The van der Waals surface area contributed by atoms with Gasteiger partial charge in [0.25, 0.3) is 0 Å². The number of methoxy groups -OCH3 is 2. The maximum absolute atomic E-state index is 14.8. The lowest BCUT2D eigenvalue weighted by molar-refractivity contribution is -0.258. The van der Waals surface area contributed by atoms with Crippen molar-refractivity contribution in [3.63, 3.8) is 0 Å². The molecule has 2 aliphatic carbocycles. The van der Waals surface area contributed by atoms with Crippen LogP contribution in [0.4, 0.5) is 10.1 Å². The third kappa shape index (κ3) is 12.3. The molecule has 17 nitrogen and oxygen atoms in total. The van der Waals surface area contributed by atoms with Crippen molar-refractivity contribution in [1.82, 2.24) is 15.1 Å². The molecule has 5 saturated heterocycles. The summed E-state index contributed by atoms with van der Waals surface area (Å²) in [5.74, 6) is -1.29. The molecule has 7 aliphatic rings. The predicted molar refractivity (Wildman–Crippen MR) is 289 cm³/mol. The molecule has 3 unspecified atom stereocenters. The number of esters is 1. The standard InChI is InChI=1S/C55H91FIN7O10/c1-14-43-53(9,67)49(65)35(7)63(11)28-30(2)23-54(57,68)50(33(5)45(34(6)51(66)73-43)42-25-52(8,70-13)24-32(4)71-42)74-44-22-39(21-31(3)72-44)62(10)20-19-37(61-59)27-60-41(26-56)47(69-12)36-15-17-38(18-16-36)64-29-40-46-48(64)55(40,46)58/h15-18,27,30-35,39-50,59-60,65,67-68H,14,19-26,28-29,58H2,1-13H3/b37-27-,61-59?/t30-,31-,32+,33+,34-,35-,39+,40?,41-,42-,43-,44+,45?,46+,47-,48?,49-,50-,52+,53-,54-,55+/m1/s1. The van der Waals surface area contributed by atoms with Crippen molar-refractivity contribution in [1.29, 1.82) is 5.53 Å².